The molecule has 2 N–H and O–H groups in total. The van der Waals surface area contributed by atoms with Crippen LogP contribution in [0.1, 0.15) is 50.2 Å². The number of nitrogens with one attached hydrogen (secondary N) is 1. The normalized spacial score (nSPS) is 32.3. The molecule has 10 heteroatoms. The second-order valence-corrected chi connectivity index (χ2v) is 13.7. The lowest BCUT2D eigenvalue weighted by atomic mass is 9.82. The number of allylic oxidation sites excluding steroid dienone is 2. The molecule has 6 atom stereocenters. The molecule has 4 aliphatic rings. The zero-order chi connectivity index (χ0) is 28.8. The van der Waals surface area contributed by atoms with E-state index in [1.54, 1.807) is 18.2 Å². The Bertz CT molecular complexity index is 1260. The van der Waals surface area contributed by atoms with E-state index in [-0.39, 0.29) is 30.1 Å². The average molecular weight is 666 g/mol. The molecule has 2 saturated heterocycles. The van der Waals surface area contributed by atoms with Gasteiger partial charge in [0.15, 0.2) is 3.68 Å². The third-order valence-electron chi connectivity index (χ3n) is 8.65. The number of aliphatic carboxylic acids is 1. The smallest absolute Gasteiger partial charge is 0.326 e. The summed E-state index contributed by atoms with van der Waals surface area (Å²) in [4.78, 5) is 41.8. The van der Waals surface area contributed by atoms with E-state index in [1.807, 2.05) is 61.8 Å². The third kappa shape index (κ3) is 5.85. The minimum absolute atomic E-state index is 0.0952. The fourth-order valence-corrected chi connectivity index (χ4v) is 7.60. The van der Waals surface area contributed by atoms with Crippen molar-refractivity contribution < 1.29 is 28.6 Å². The van der Waals surface area contributed by atoms with Gasteiger partial charge in [0.1, 0.15) is 6.04 Å². The molecule has 5 rings (SSSR count). The van der Waals surface area contributed by atoms with Crippen molar-refractivity contribution in [2.75, 3.05) is 33.7 Å². The van der Waals surface area contributed by atoms with Crippen molar-refractivity contribution in [3.63, 3.8) is 0 Å². The van der Waals surface area contributed by atoms with Crippen LogP contribution in [0.25, 0.3) is 5.57 Å². The number of hydrogen-bond acceptors (Lipinski definition) is 5. The number of ether oxygens (including phenoxy) is 1. The third-order valence-corrected chi connectivity index (χ3v) is 9.99. The van der Waals surface area contributed by atoms with Gasteiger partial charge in [-0.15, -0.1) is 0 Å². The number of benzene rings is 1. The van der Waals surface area contributed by atoms with Crippen LogP contribution in [0.2, 0.25) is 0 Å². The highest BCUT2D eigenvalue weighted by atomic mass is 127. The number of likely N-dealkylation sites (tertiary alicyclic amines) is 1. The zero-order valence-corrected chi connectivity index (χ0v) is 25.3. The fraction of sp³-hybridized carbons (Fsp3) is 0.567. The molecule has 2 aliphatic carbocycles. The molecule has 1 aromatic carbocycles. The van der Waals surface area contributed by atoms with Gasteiger partial charge in [-0.2, -0.15) is 0 Å². The summed E-state index contributed by atoms with van der Waals surface area (Å²) < 4.78 is 19.9. The molecule has 40 heavy (non-hydrogen) atoms. The van der Waals surface area contributed by atoms with Crippen molar-refractivity contribution in [1.29, 1.82) is 0 Å². The van der Waals surface area contributed by atoms with Crippen LogP contribution in [0.4, 0.5) is 4.39 Å². The maximum atomic E-state index is 15.6. The van der Waals surface area contributed by atoms with Crippen molar-refractivity contribution in [3.8, 4) is 0 Å². The quantitative estimate of drug-likeness (QED) is 0.224. The maximum absolute atomic E-state index is 15.6. The highest BCUT2D eigenvalue weighted by molar-refractivity contribution is 14.1. The van der Waals surface area contributed by atoms with Gasteiger partial charge in [0.2, 0.25) is 5.91 Å². The number of carboxylic acids is 1. The molecule has 0 aromatic heterocycles. The monoisotopic (exact) mass is 665 g/mol. The number of nitrogens with zero attached hydrogens (tertiary/aromatic N) is 2. The summed E-state index contributed by atoms with van der Waals surface area (Å²) in [6, 6.07) is 6.38. The molecular weight excluding hydrogens is 628 g/mol. The van der Waals surface area contributed by atoms with Crippen molar-refractivity contribution in [2.45, 2.75) is 61.0 Å². The highest BCUT2D eigenvalue weighted by Gasteiger charge is 2.51. The van der Waals surface area contributed by atoms with Crippen molar-refractivity contribution in [2.24, 2.45) is 11.3 Å². The first-order chi connectivity index (χ1) is 18.9. The van der Waals surface area contributed by atoms with Gasteiger partial charge in [-0.05, 0) is 98.0 Å². The molecule has 2 amide bonds. The molecule has 0 saturated carbocycles. The second kappa shape index (κ2) is 11.2. The molecule has 2 heterocycles. The van der Waals surface area contributed by atoms with Gasteiger partial charge in [0, 0.05) is 23.6 Å². The topological polar surface area (TPSA) is 102 Å². The Balaban J connectivity index is 1.18. The van der Waals surface area contributed by atoms with Crippen LogP contribution in [-0.2, 0) is 22.8 Å². The molecule has 216 valence electrons. The van der Waals surface area contributed by atoms with Crippen LogP contribution < -0.4 is 5.32 Å². The van der Waals surface area contributed by atoms with Gasteiger partial charge in [0.05, 0.1) is 18.8 Å². The van der Waals surface area contributed by atoms with Crippen LogP contribution in [0.5, 0.6) is 0 Å². The van der Waals surface area contributed by atoms with Crippen molar-refractivity contribution >= 4 is 45.9 Å². The first kappa shape index (κ1) is 29.2. The number of halogens is 2. The number of carbonyl (C=O) groups excluding carboxylic acids is 2. The molecule has 0 spiro atoms. The summed E-state index contributed by atoms with van der Waals surface area (Å²) in [6.45, 7) is 3.02. The van der Waals surface area contributed by atoms with Crippen LogP contribution in [0.3, 0.4) is 0 Å². The SMILES string of the molecule is CN(C)CCCC1OC1C[C@@]1(C)C[C@@H](C(=O)O)N(C(=O)CNC(=O)C2=CCC3C(=C2)c2ccccc2C3(F)I)C1. The number of alkyl halides is 2. The lowest BCUT2D eigenvalue weighted by molar-refractivity contribution is -0.148. The molecule has 0 radical (unpaired) electrons. The van der Waals surface area contributed by atoms with Crippen molar-refractivity contribution in [3.05, 3.63) is 53.1 Å². The Morgan fingerprint density at radius 1 is 1.25 bits per heavy atom. The lowest BCUT2D eigenvalue weighted by Crippen LogP contribution is -2.46. The summed E-state index contributed by atoms with van der Waals surface area (Å²) in [5.41, 5.74) is 2.22. The minimum atomic E-state index is -1.54. The van der Waals surface area contributed by atoms with E-state index in [9.17, 15) is 19.5 Å². The van der Waals surface area contributed by atoms with Gasteiger partial charge in [0.25, 0.3) is 5.91 Å². The van der Waals surface area contributed by atoms with Crippen molar-refractivity contribution in [1.82, 2.24) is 15.1 Å². The maximum Gasteiger partial charge on any atom is 0.326 e. The fourth-order valence-electron chi connectivity index (χ4n) is 6.54. The zero-order valence-electron chi connectivity index (χ0n) is 23.2. The molecular formula is C30H37FIN3O5. The predicted octanol–water partition coefficient (Wildman–Crippen LogP) is 3.89. The van der Waals surface area contributed by atoms with Gasteiger partial charge in [-0.25, -0.2) is 9.18 Å². The van der Waals surface area contributed by atoms with Crippen LogP contribution in [0, 0.1) is 11.3 Å². The number of rotatable bonds is 10. The summed E-state index contributed by atoms with van der Waals surface area (Å²) in [7, 11) is 4.08. The van der Waals surface area contributed by atoms with Gasteiger partial charge in [-0.1, -0.05) is 37.3 Å². The standard InChI is InChI=1S/C30H37FIN3O5/c1-29(15-25-24(40-25)9-6-12-34(2)3)14-23(28(38)39)35(17-29)26(36)16-33-27(37)18-10-11-22-20(13-18)19-7-4-5-8-21(19)30(22,31)32/h4-5,7-8,10,13,22-25H,6,9,11-12,14-17H2,1-3H3,(H,33,37)(H,38,39)/t22?,23-,24?,25?,29+,30?/m0/s1. The highest BCUT2D eigenvalue weighted by Crippen LogP contribution is 2.58. The number of epoxide rings is 1. The molecule has 1 aromatic rings. The van der Waals surface area contributed by atoms with Gasteiger partial charge < -0.3 is 25.0 Å². The minimum Gasteiger partial charge on any atom is -0.480 e. The first-order valence-corrected chi connectivity index (χ1v) is 15.0. The first-order valence-electron chi connectivity index (χ1n) is 13.9. The number of carboxylic acid groups (broad SMARTS) is 1. The molecule has 0 bridgehead atoms. The molecule has 2 fully saturated rings. The van der Waals surface area contributed by atoms with Crippen LogP contribution in [-0.4, -0.2) is 84.7 Å². The van der Waals surface area contributed by atoms with E-state index in [0.717, 1.165) is 30.5 Å². The lowest BCUT2D eigenvalue weighted by Gasteiger charge is -2.25. The number of carbonyl (C=O) groups is 3. The Morgan fingerprint density at radius 3 is 2.73 bits per heavy atom. The van der Waals surface area contributed by atoms with E-state index in [0.29, 0.717) is 36.9 Å². The number of hydrogen-bond donors (Lipinski definition) is 2. The predicted molar refractivity (Wildman–Crippen MR) is 157 cm³/mol. The Morgan fingerprint density at radius 2 is 2.00 bits per heavy atom. The summed E-state index contributed by atoms with van der Waals surface area (Å²) in [5.74, 6) is -2.26. The summed E-state index contributed by atoms with van der Waals surface area (Å²) >= 11 is 1.85. The van der Waals surface area contributed by atoms with Crippen LogP contribution in [0.15, 0.2) is 42.0 Å². The average Bonchev–Trinajstić information content (AvgIpc) is 3.45. The Hall–Kier alpha value is -2.31. The summed E-state index contributed by atoms with van der Waals surface area (Å²) in [6.07, 6.45) is 7.16. The molecule has 2 aliphatic heterocycles. The number of fused-ring (bicyclic) bond motifs is 3. The molecule has 4 unspecified atom stereocenters. The van der Waals surface area contributed by atoms with E-state index in [1.165, 1.54) is 4.90 Å². The Kier molecular flexibility index (Phi) is 8.15. The number of amides is 2. The van der Waals surface area contributed by atoms with E-state index < -0.39 is 27.5 Å². The molecule has 8 nitrogen and oxygen atoms in total. The van der Waals surface area contributed by atoms with Gasteiger partial charge in [-0.3, -0.25) is 9.59 Å². The van der Waals surface area contributed by atoms with Crippen LogP contribution >= 0.6 is 22.6 Å². The van der Waals surface area contributed by atoms with E-state index >= 15 is 4.39 Å². The largest absolute Gasteiger partial charge is 0.480 e. The van der Waals surface area contributed by atoms with E-state index in [4.69, 9.17) is 4.74 Å². The second-order valence-electron chi connectivity index (χ2n) is 12.2. The van der Waals surface area contributed by atoms with E-state index in [2.05, 4.69) is 10.2 Å². The Labute approximate surface area is 248 Å². The van der Waals surface area contributed by atoms with Gasteiger partial charge >= 0.3 is 5.97 Å². The summed E-state index contributed by atoms with van der Waals surface area (Å²) in [5, 5.41) is 12.5.